The van der Waals surface area contributed by atoms with E-state index in [0.29, 0.717) is 39.7 Å². The molecule has 0 saturated heterocycles. The summed E-state index contributed by atoms with van der Waals surface area (Å²) in [5, 5.41) is 9.93. The van der Waals surface area contributed by atoms with Crippen molar-refractivity contribution in [1.82, 2.24) is 30.6 Å². The lowest BCUT2D eigenvalue weighted by molar-refractivity contribution is -0.114. The van der Waals surface area contributed by atoms with Crippen molar-refractivity contribution < 1.29 is 19.2 Å². The fourth-order valence-electron chi connectivity index (χ4n) is 3.28. The van der Waals surface area contributed by atoms with Gasteiger partial charge in [-0.2, -0.15) is 0 Å². The van der Waals surface area contributed by atoms with Crippen LogP contribution in [-0.2, 0) is 4.79 Å². The predicted octanol–water partition coefficient (Wildman–Crippen LogP) is 2.88. The first-order chi connectivity index (χ1) is 18.3. The molecule has 4 aromatic heterocycles. The molecule has 4 aromatic rings. The average molecular weight is 511 g/mol. The molecule has 4 heterocycles. The number of amides is 5. The van der Waals surface area contributed by atoms with E-state index in [1.54, 1.807) is 42.5 Å². The molecule has 12 heteroatoms. The van der Waals surface area contributed by atoms with Gasteiger partial charge in [0.1, 0.15) is 0 Å². The minimum atomic E-state index is -0.739. The zero-order valence-corrected chi connectivity index (χ0v) is 20.4. The minimum absolute atomic E-state index is 0.179. The van der Waals surface area contributed by atoms with E-state index in [4.69, 9.17) is 0 Å². The number of urea groups is 1. The maximum atomic E-state index is 12.5. The second kappa shape index (κ2) is 11.5. The minimum Gasteiger partial charge on any atom is -0.355 e. The first-order valence-corrected chi connectivity index (χ1v) is 11.3. The fraction of sp³-hybridized carbons (Fsp3) is 0.0769. The third-order valence-corrected chi connectivity index (χ3v) is 5.14. The van der Waals surface area contributed by atoms with Gasteiger partial charge in [-0.3, -0.25) is 39.6 Å². The number of carbonyl (C=O) groups is 4. The number of imide groups is 1. The summed E-state index contributed by atoms with van der Waals surface area (Å²) in [4.78, 5) is 64.5. The van der Waals surface area contributed by atoms with E-state index in [9.17, 15) is 19.2 Å². The van der Waals surface area contributed by atoms with Crippen molar-refractivity contribution in [3.05, 3.63) is 84.4 Å². The van der Waals surface area contributed by atoms with Crippen LogP contribution in [0, 0.1) is 0 Å². The lowest BCUT2D eigenvalue weighted by Crippen LogP contribution is -2.34. The highest BCUT2D eigenvalue weighted by Gasteiger charge is 2.13. The Morgan fingerprint density at radius 1 is 0.579 bits per heavy atom. The molecule has 190 valence electrons. The summed E-state index contributed by atoms with van der Waals surface area (Å²) < 4.78 is 0. The maximum Gasteiger partial charge on any atom is 0.326 e. The first kappa shape index (κ1) is 25.6. The second-order valence-electron chi connectivity index (χ2n) is 7.90. The van der Waals surface area contributed by atoms with E-state index in [1.165, 1.54) is 44.8 Å². The molecule has 12 nitrogen and oxygen atoms in total. The van der Waals surface area contributed by atoms with E-state index in [2.05, 4.69) is 41.2 Å². The van der Waals surface area contributed by atoms with Crippen LogP contribution < -0.4 is 21.3 Å². The number of hydrogen-bond acceptors (Lipinski definition) is 8. The molecule has 38 heavy (non-hydrogen) atoms. The van der Waals surface area contributed by atoms with Gasteiger partial charge in [0.2, 0.25) is 5.91 Å². The van der Waals surface area contributed by atoms with E-state index in [1.807, 2.05) is 0 Å². The van der Waals surface area contributed by atoms with Gasteiger partial charge >= 0.3 is 6.03 Å². The molecule has 0 bridgehead atoms. The Morgan fingerprint density at radius 3 is 1.42 bits per heavy atom. The standard InChI is InChI=1S/C26H22N8O4/c1-15(35)32-18-5-9-22(30-13-18)21-8-4-17(12-29-21)25(37)34-26(38)33-19-6-10-23(31-14-19)20-7-3-16(11-28-20)24(36)27-2/h3-14H,1-2H3,(H,27,36)(H,32,35)(H2,33,34,37,38). The van der Waals surface area contributed by atoms with Crippen molar-refractivity contribution in [3.8, 4) is 22.8 Å². The van der Waals surface area contributed by atoms with Crippen LogP contribution >= 0.6 is 0 Å². The molecule has 0 aliphatic rings. The summed E-state index contributed by atoms with van der Waals surface area (Å²) in [7, 11) is 1.54. The van der Waals surface area contributed by atoms with E-state index < -0.39 is 11.9 Å². The van der Waals surface area contributed by atoms with Crippen LogP contribution in [0.4, 0.5) is 16.2 Å². The molecule has 4 rings (SSSR count). The van der Waals surface area contributed by atoms with Crippen LogP contribution in [0.15, 0.2) is 73.3 Å². The number of rotatable bonds is 6. The second-order valence-corrected chi connectivity index (χ2v) is 7.90. The van der Waals surface area contributed by atoms with Crippen LogP contribution in [0.1, 0.15) is 27.6 Å². The molecular formula is C26H22N8O4. The van der Waals surface area contributed by atoms with Crippen molar-refractivity contribution in [3.63, 3.8) is 0 Å². The normalized spacial score (nSPS) is 10.3. The van der Waals surface area contributed by atoms with Gasteiger partial charge in [0.05, 0.1) is 57.7 Å². The summed E-state index contributed by atoms with van der Waals surface area (Å²) in [6.07, 6.45) is 5.71. The Bertz CT molecular complexity index is 1470. The Kier molecular flexibility index (Phi) is 7.72. The summed E-state index contributed by atoms with van der Waals surface area (Å²) in [6, 6.07) is 12.3. The Balaban J connectivity index is 1.33. The van der Waals surface area contributed by atoms with Gasteiger partial charge < -0.3 is 16.0 Å². The molecule has 5 amide bonds. The third-order valence-electron chi connectivity index (χ3n) is 5.14. The monoisotopic (exact) mass is 510 g/mol. The predicted molar refractivity (Wildman–Crippen MR) is 139 cm³/mol. The van der Waals surface area contributed by atoms with Crippen molar-refractivity contribution in [2.45, 2.75) is 6.92 Å². The van der Waals surface area contributed by atoms with Crippen LogP contribution in [0.5, 0.6) is 0 Å². The lowest BCUT2D eigenvalue weighted by Gasteiger charge is -2.08. The molecule has 0 aromatic carbocycles. The van der Waals surface area contributed by atoms with E-state index >= 15 is 0 Å². The number of nitrogens with one attached hydrogen (secondary N) is 4. The number of hydrogen-bond donors (Lipinski definition) is 4. The SMILES string of the molecule is CNC(=O)c1ccc(-c2ccc(NC(=O)NC(=O)c3ccc(-c4ccc(NC(C)=O)cn4)nc3)cn2)nc1. The fourth-order valence-corrected chi connectivity index (χ4v) is 3.28. The highest BCUT2D eigenvalue weighted by molar-refractivity contribution is 6.07. The van der Waals surface area contributed by atoms with E-state index in [0.717, 1.165) is 0 Å². The van der Waals surface area contributed by atoms with Gasteiger partial charge in [-0.05, 0) is 48.5 Å². The average Bonchev–Trinajstić information content (AvgIpc) is 2.93. The molecule has 0 spiro atoms. The number of carbonyl (C=O) groups excluding carboxylic acids is 4. The molecule has 0 unspecified atom stereocenters. The van der Waals surface area contributed by atoms with Crippen LogP contribution in [0.25, 0.3) is 22.8 Å². The molecule has 0 atom stereocenters. The molecule has 0 aliphatic heterocycles. The third kappa shape index (κ3) is 6.37. The Hall–Kier alpha value is -5.52. The van der Waals surface area contributed by atoms with Crippen molar-refractivity contribution in [1.29, 1.82) is 0 Å². The topological polar surface area (TPSA) is 168 Å². The number of aromatic nitrogens is 4. The quantitative estimate of drug-likeness (QED) is 0.307. The van der Waals surface area contributed by atoms with Gasteiger partial charge in [0.25, 0.3) is 11.8 Å². The molecule has 0 fully saturated rings. The van der Waals surface area contributed by atoms with Crippen LogP contribution in [0.3, 0.4) is 0 Å². The number of nitrogens with zero attached hydrogens (tertiary/aromatic N) is 4. The Labute approximate surface area is 217 Å². The summed E-state index contributed by atoms with van der Waals surface area (Å²) in [5.41, 5.74) is 3.69. The summed E-state index contributed by atoms with van der Waals surface area (Å²) >= 11 is 0. The van der Waals surface area contributed by atoms with Crippen LogP contribution in [0.2, 0.25) is 0 Å². The Morgan fingerprint density at radius 2 is 1.03 bits per heavy atom. The highest BCUT2D eigenvalue weighted by Crippen LogP contribution is 2.18. The van der Waals surface area contributed by atoms with Gasteiger partial charge in [-0.15, -0.1) is 0 Å². The van der Waals surface area contributed by atoms with Crippen molar-refractivity contribution >= 4 is 35.1 Å². The molecule has 0 radical (unpaired) electrons. The number of anilines is 2. The van der Waals surface area contributed by atoms with Gasteiger partial charge in [-0.1, -0.05) is 0 Å². The van der Waals surface area contributed by atoms with Crippen molar-refractivity contribution in [2.24, 2.45) is 0 Å². The molecular weight excluding hydrogens is 488 g/mol. The highest BCUT2D eigenvalue weighted by atomic mass is 16.2. The lowest BCUT2D eigenvalue weighted by atomic mass is 10.2. The molecule has 0 aliphatic carbocycles. The largest absolute Gasteiger partial charge is 0.355 e. The number of pyridine rings is 4. The van der Waals surface area contributed by atoms with Crippen LogP contribution in [-0.4, -0.2) is 50.7 Å². The smallest absolute Gasteiger partial charge is 0.326 e. The molecule has 4 N–H and O–H groups in total. The van der Waals surface area contributed by atoms with E-state index in [-0.39, 0.29) is 17.4 Å². The van der Waals surface area contributed by atoms with Crippen molar-refractivity contribution in [2.75, 3.05) is 17.7 Å². The van der Waals surface area contributed by atoms with Gasteiger partial charge in [0, 0.05) is 26.4 Å². The van der Waals surface area contributed by atoms with Gasteiger partial charge in [0.15, 0.2) is 0 Å². The first-order valence-electron chi connectivity index (χ1n) is 11.3. The zero-order chi connectivity index (χ0) is 27.1. The van der Waals surface area contributed by atoms with Gasteiger partial charge in [-0.25, -0.2) is 4.79 Å². The maximum absolute atomic E-state index is 12.5. The summed E-state index contributed by atoms with van der Waals surface area (Å²) in [6.45, 7) is 1.40. The zero-order valence-electron chi connectivity index (χ0n) is 20.4. The molecule has 0 saturated carbocycles. The summed E-state index contributed by atoms with van der Waals surface area (Å²) in [5.74, 6) is -1.08.